The Hall–Kier alpha value is -1.47. The van der Waals surface area contributed by atoms with Crippen LogP contribution in [0.5, 0.6) is 0 Å². The first kappa shape index (κ1) is 16.9. The molecule has 0 aliphatic carbocycles. The van der Waals surface area contributed by atoms with Crippen LogP contribution in [-0.4, -0.2) is 19.5 Å². The topological polar surface area (TPSA) is 83.5 Å². The molecule has 5 nitrogen and oxygen atoms in total. The molecule has 0 atom stereocenters. The summed E-state index contributed by atoms with van der Waals surface area (Å²) < 4.78 is 26.8. The fraction of sp³-hybridized carbons (Fsp3) is 0. The molecule has 0 spiro atoms. The minimum Gasteiger partial charge on any atom is -0.478 e. The van der Waals surface area contributed by atoms with Crippen molar-refractivity contribution in [2.24, 2.45) is 0 Å². The Morgan fingerprint density at radius 1 is 0.955 bits per heavy atom. The van der Waals surface area contributed by atoms with E-state index in [0.717, 1.165) is 6.07 Å². The Morgan fingerprint density at radius 2 is 1.64 bits per heavy atom. The summed E-state index contributed by atoms with van der Waals surface area (Å²) >= 11 is 17.4. The molecule has 0 heterocycles. The van der Waals surface area contributed by atoms with E-state index < -0.39 is 16.0 Å². The number of halogens is 3. The maximum atomic E-state index is 12.2. The maximum absolute atomic E-state index is 12.2. The van der Waals surface area contributed by atoms with E-state index in [0.29, 0.717) is 0 Å². The second kappa shape index (κ2) is 6.34. The van der Waals surface area contributed by atoms with Gasteiger partial charge in [-0.3, -0.25) is 4.72 Å². The second-order valence-electron chi connectivity index (χ2n) is 4.18. The number of benzene rings is 2. The predicted molar refractivity (Wildman–Crippen MR) is 85.7 cm³/mol. The van der Waals surface area contributed by atoms with Crippen molar-refractivity contribution in [2.45, 2.75) is 4.90 Å². The largest absolute Gasteiger partial charge is 0.478 e. The van der Waals surface area contributed by atoms with Crippen LogP contribution in [0.1, 0.15) is 10.4 Å². The lowest BCUT2D eigenvalue weighted by atomic mass is 10.2. The van der Waals surface area contributed by atoms with Crippen molar-refractivity contribution in [1.29, 1.82) is 0 Å². The van der Waals surface area contributed by atoms with Gasteiger partial charge in [0.15, 0.2) is 0 Å². The highest BCUT2D eigenvalue weighted by Gasteiger charge is 2.18. The number of carboxylic acids is 1. The van der Waals surface area contributed by atoms with Gasteiger partial charge in [-0.15, -0.1) is 0 Å². The highest BCUT2D eigenvalue weighted by Crippen LogP contribution is 2.28. The molecule has 116 valence electrons. The van der Waals surface area contributed by atoms with E-state index in [-0.39, 0.29) is 31.2 Å². The normalized spacial score (nSPS) is 11.2. The molecule has 0 aliphatic heterocycles. The number of rotatable bonds is 4. The van der Waals surface area contributed by atoms with Crippen LogP contribution in [0.4, 0.5) is 5.69 Å². The van der Waals surface area contributed by atoms with E-state index in [1.807, 2.05) is 0 Å². The van der Waals surface area contributed by atoms with Crippen LogP contribution in [0.3, 0.4) is 0 Å². The van der Waals surface area contributed by atoms with E-state index >= 15 is 0 Å². The minimum atomic E-state index is -3.93. The van der Waals surface area contributed by atoms with Gasteiger partial charge in [0.1, 0.15) is 0 Å². The number of aromatic carboxylic acids is 1. The van der Waals surface area contributed by atoms with E-state index in [4.69, 9.17) is 39.9 Å². The Balaban J connectivity index is 2.36. The molecule has 0 saturated heterocycles. The summed E-state index contributed by atoms with van der Waals surface area (Å²) in [7, 11) is -3.93. The molecule has 0 saturated carbocycles. The number of carbonyl (C=O) groups is 1. The van der Waals surface area contributed by atoms with Gasteiger partial charge in [-0.05, 0) is 36.4 Å². The van der Waals surface area contributed by atoms with Crippen LogP contribution in [0, 0.1) is 0 Å². The summed E-state index contributed by atoms with van der Waals surface area (Å²) in [6, 6.07) is 7.49. The van der Waals surface area contributed by atoms with Crippen molar-refractivity contribution < 1.29 is 18.3 Å². The third-order valence-corrected chi connectivity index (χ3v) is 5.08. The molecule has 0 radical (unpaired) electrons. The monoisotopic (exact) mass is 379 g/mol. The Bertz CT molecular complexity index is 852. The van der Waals surface area contributed by atoms with Gasteiger partial charge in [-0.1, -0.05) is 34.8 Å². The first-order valence-corrected chi connectivity index (χ1v) is 8.33. The molecule has 0 bridgehead atoms. The zero-order chi connectivity index (χ0) is 16.5. The summed E-state index contributed by atoms with van der Waals surface area (Å²) in [5.41, 5.74) is 0.000208. The third-order valence-electron chi connectivity index (χ3n) is 2.66. The molecular weight excluding hydrogens is 373 g/mol. The number of carboxylic acid groups (broad SMARTS) is 1. The van der Waals surface area contributed by atoms with Crippen molar-refractivity contribution >= 4 is 56.5 Å². The highest BCUT2D eigenvalue weighted by atomic mass is 35.5. The molecular formula is C13H8Cl3NO4S. The lowest BCUT2D eigenvalue weighted by Gasteiger charge is -2.10. The lowest BCUT2D eigenvalue weighted by molar-refractivity contribution is 0.0697. The van der Waals surface area contributed by atoms with Crippen LogP contribution in [-0.2, 0) is 10.0 Å². The van der Waals surface area contributed by atoms with Crippen LogP contribution < -0.4 is 4.72 Å². The summed E-state index contributed by atoms with van der Waals surface area (Å²) in [6.07, 6.45) is 0. The number of hydrogen-bond acceptors (Lipinski definition) is 3. The summed E-state index contributed by atoms with van der Waals surface area (Å²) in [5, 5.41) is 9.13. The predicted octanol–water partition coefficient (Wildman–Crippen LogP) is 4.15. The molecule has 2 N–H and O–H groups in total. The van der Waals surface area contributed by atoms with Crippen LogP contribution in [0.2, 0.25) is 15.1 Å². The van der Waals surface area contributed by atoms with Gasteiger partial charge in [-0.25, -0.2) is 13.2 Å². The molecule has 0 amide bonds. The van der Waals surface area contributed by atoms with Crippen molar-refractivity contribution in [3.8, 4) is 0 Å². The molecule has 0 aliphatic rings. The van der Waals surface area contributed by atoms with Gasteiger partial charge in [0, 0.05) is 0 Å². The van der Waals surface area contributed by atoms with E-state index in [1.54, 1.807) is 0 Å². The second-order valence-corrected chi connectivity index (χ2v) is 7.09. The molecule has 22 heavy (non-hydrogen) atoms. The number of hydrogen-bond donors (Lipinski definition) is 2. The first-order chi connectivity index (χ1) is 10.2. The minimum absolute atomic E-state index is 0.0384. The Kier molecular flexibility index (Phi) is 4.87. The van der Waals surface area contributed by atoms with Crippen LogP contribution in [0.25, 0.3) is 0 Å². The quantitative estimate of drug-likeness (QED) is 0.835. The van der Waals surface area contributed by atoms with Gasteiger partial charge in [-0.2, -0.15) is 0 Å². The first-order valence-electron chi connectivity index (χ1n) is 5.71. The Labute approximate surface area is 141 Å². The fourth-order valence-electron chi connectivity index (χ4n) is 1.58. The van der Waals surface area contributed by atoms with Gasteiger partial charge in [0.2, 0.25) is 0 Å². The fourth-order valence-corrected chi connectivity index (χ4v) is 3.33. The van der Waals surface area contributed by atoms with Gasteiger partial charge in [0.05, 0.1) is 31.2 Å². The maximum Gasteiger partial charge on any atom is 0.335 e. The van der Waals surface area contributed by atoms with Crippen LogP contribution in [0.15, 0.2) is 41.3 Å². The standard InChI is InChI=1S/C13H8Cl3NO4S/c14-9-3-2-8(6-10(9)15)22(20,21)17-12-4-1-7(13(18)19)5-11(12)16/h1-6,17H,(H,18,19). The number of nitrogens with one attached hydrogen (secondary N) is 1. The SMILES string of the molecule is O=C(O)c1ccc(NS(=O)(=O)c2ccc(Cl)c(Cl)c2)c(Cl)c1. The average molecular weight is 381 g/mol. The van der Waals surface area contributed by atoms with Crippen molar-refractivity contribution in [3.05, 3.63) is 57.0 Å². The summed E-state index contributed by atoms with van der Waals surface area (Å²) in [6.45, 7) is 0. The van der Waals surface area contributed by atoms with Crippen molar-refractivity contribution in [1.82, 2.24) is 0 Å². The number of sulfonamides is 1. The zero-order valence-electron chi connectivity index (χ0n) is 10.7. The van der Waals surface area contributed by atoms with Gasteiger partial charge in [0.25, 0.3) is 10.0 Å². The molecule has 9 heteroatoms. The number of anilines is 1. The molecule has 0 unspecified atom stereocenters. The summed E-state index contributed by atoms with van der Waals surface area (Å²) in [4.78, 5) is 10.7. The molecule has 2 aromatic carbocycles. The molecule has 2 aromatic rings. The lowest BCUT2D eigenvalue weighted by Crippen LogP contribution is -2.13. The van der Waals surface area contributed by atoms with Crippen LogP contribution >= 0.6 is 34.8 Å². The Morgan fingerprint density at radius 3 is 2.18 bits per heavy atom. The van der Waals surface area contributed by atoms with Gasteiger partial charge >= 0.3 is 5.97 Å². The molecule has 2 rings (SSSR count). The van der Waals surface area contributed by atoms with Gasteiger partial charge < -0.3 is 5.11 Å². The third kappa shape index (κ3) is 3.64. The summed E-state index contributed by atoms with van der Waals surface area (Å²) in [5.74, 6) is -1.17. The highest BCUT2D eigenvalue weighted by molar-refractivity contribution is 7.92. The average Bonchev–Trinajstić information content (AvgIpc) is 2.43. The van der Waals surface area contributed by atoms with E-state index in [9.17, 15) is 13.2 Å². The smallest absolute Gasteiger partial charge is 0.335 e. The van der Waals surface area contributed by atoms with Crippen molar-refractivity contribution in [3.63, 3.8) is 0 Å². The van der Waals surface area contributed by atoms with Crippen molar-refractivity contribution in [2.75, 3.05) is 4.72 Å². The molecule has 0 aromatic heterocycles. The zero-order valence-corrected chi connectivity index (χ0v) is 13.8. The molecule has 0 fully saturated rings. The van der Waals surface area contributed by atoms with E-state index in [1.165, 1.54) is 30.3 Å². The van der Waals surface area contributed by atoms with E-state index in [2.05, 4.69) is 4.72 Å².